The monoisotopic (exact) mass is 323 g/mol. The second-order valence-electron chi connectivity index (χ2n) is 6.01. The summed E-state index contributed by atoms with van der Waals surface area (Å²) in [4.78, 5) is 0. The van der Waals surface area contributed by atoms with Crippen molar-refractivity contribution in [3.05, 3.63) is 18.4 Å². The van der Waals surface area contributed by atoms with E-state index in [1.54, 1.807) is 18.0 Å². The molecule has 0 saturated carbocycles. The van der Waals surface area contributed by atoms with Gasteiger partial charge in [0.25, 0.3) is 0 Å². The Morgan fingerprint density at radius 2 is 2.05 bits per heavy atom. The zero-order valence-electron chi connectivity index (χ0n) is 13.7. The Morgan fingerprint density at radius 3 is 2.59 bits per heavy atom. The summed E-state index contributed by atoms with van der Waals surface area (Å²) in [5.41, 5.74) is -0.649. The van der Waals surface area contributed by atoms with Crippen LogP contribution in [0.2, 0.25) is 0 Å². The van der Waals surface area contributed by atoms with Crippen molar-refractivity contribution in [1.29, 1.82) is 0 Å². The van der Waals surface area contributed by atoms with Crippen molar-refractivity contribution in [2.45, 2.75) is 57.8 Å². The van der Waals surface area contributed by atoms with E-state index in [1.165, 1.54) is 0 Å². The van der Waals surface area contributed by atoms with Crippen LogP contribution in [0.5, 0.6) is 0 Å². The third-order valence-corrected chi connectivity index (χ3v) is 5.03. The van der Waals surface area contributed by atoms with Crippen molar-refractivity contribution in [3.63, 3.8) is 0 Å². The van der Waals surface area contributed by atoms with Gasteiger partial charge >= 0.3 is 0 Å². The van der Waals surface area contributed by atoms with Gasteiger partial charge in [0.2, 0.25) is 0 Å². The van der Waals surface area contributed by atoms with Gasteiger partial charge < -0.3 is 9.52 Å². The molecule has 2 rings (SSSR count). The average Bonchev–Trinajstić information content (AvgIpc) is 3.14. The lowest BCUT2D eigenvalue weighted by Gasteiger charge is -2.24. The summed E-state index contributed by atoms with van der Waals surface area (Å²) in [6, 6.07) is 3.74. The van der Waals surface area contributed by atoms with Gasteiger partial charge in [0.05, 0.1) is 11.9 Å². The molecule has 5 nitrogen and oxygen atoms in total. The van der Waals surface area contributed by atoms with Crippen LogP contribution in [0.4, 0.5) is 0 Å². The molecule has 0 saturated heterocycles. The molecule has 0 amide bonds. The van der Waals surface area contributed by atoms with E-state index in [9.17, 15) is 5.11 Å². The Labute approximate surface area is 136 Å². The topological polar surface area (TPSA) is 64.1 Å². The van der Waals surface area contributed by atoms with E-state index in [0.717, 1.165) is 36.1 Å². The lowest BCUT2D eigenvalue weighted by atomic mass is 10.0. The lowest BCUT2D eigenvalue weighted by Crippen LogP contribution is -2.29. The highest BCUT2D eigenvalue weighted by Crippen LogP contribution is 2.29. The van der Waals surface area contributed by atoms with Gasteiger partial charge in [0, 0.05) is 12.3 Å². The molecule has 0 aliphatic rings. The first kappa shape index (κ1) is 17.1. The van der Waals surface area contributed by atoms with Crippen LogP contribution in [-0.2, 0) is 6.54 Å². The van der Waals surface area contributed by atoms with Crippen LogP contribution in [0.25, 0.3) is 11.6 Å². The highest BCUT2D eigenvalue weighted by Gasteiger charge is 2.25. The smallest absolute Gasteiger partial charge is 0.200 e. The Morgan fingerprint density at radius 1 is 1.32 bits per heavy atom. The maximum absolute atomic E-state index is 10.5. The number of aliphatic hydroxyl groups is 1. The number of thioether (sulfide) groups is 1. The molecule has 2 aromatic rings. The van der Waals surface area contributed by atoms with Gasteiger partial charge in [-0.3, -0.25) is 4.57 Å². The van der Waals surface area contributed by atoms with Gasteiger partial charge in [-0.15, -0.1) is 10.2 Å². The molecular weight excluding hydrogens is 298 g/mol. The fraction of sp³-hybridized carbons (Fsp3) is 0.625. The first-order valence-electron chi connectivity index (χ1n) is 7.81. The normalized spacial score (nSPS) is 12.3. The molecule has 0 aromatic carbocycles. The SMILES string of the molecule is CCC(O)(CC)CSc1nnc(-c2ccco2)n1CC(C)C. The molecule has 0 radical (unpaired) electrons. The van der Waals surface area contributed by atoms with Crippen LogP contribution in [0.1, 0.15) is 40.5 Å². The van der Waals surface area contributed by atoms with Crippen molar-refractivity contribution in [2.75, 3.05) is 5.75 Å². The van der Waals surface area contributed by atoms with Gasteiger partial charge in [-0.1, -0.05) is 39.5 Å². The molecular formula is C16H25N3O2S. The van der Waals surface area contributed by atoms with Gasteiger partial charge in [0.15, 0.2) is 16.7 Å². The molecule has 6 heteroatoms. The van der Waals surface area contributed by atoms with Gasteiger partial charge in [-0.2, -0.15) is 0 Å². The summed E-state index contributed by atoms with van der Waals surface area (Å²) >= 11 is 1.56. The summed E-state index contributed by atoms with van der Waals surface area (Å²) in [6.07, 6.45) is 3.11. The Balaban J connectivity index is 2.24. The standard InChI is InChI=1S/C16H25N3O2S/c1-5-16(20,6-2)11-22-15-18-17-14(13-8-7-9-21-13)19(15)10-12(3)4/h7-9,12,20H,5-6,10-11H2,1-4H3. The molecule has 0 bridgehead atoms. The Bertz CT molecular complexity index is 574. The largest absolute Gasteiger partial charge is 0.461 e. The van der Waals surface area contributed by atoms with Crippen molar-refractivity contribution in [2.24, 2.45) is 5.92 Å². The molecule has 2 aromatic heterocycles. The summed E-state index contributed by atoms with van der Waals surface area (Å²) in [6.45, 7) is 9.17. The van der Waals surface area contributed by atoms with E-state index in [4.69, 9.17) is 4.42 Å². The highest BCUT2D eigenvalue weighted by molar-refractivity contribution is 7.99. The van der Waals surface area contributed by atoms with E-state index in [0.29, 0.717) is 11.7 Å². The molecule has 0 atom stereocenters. The Kier molecular flexibility index (Phi) is 5.69. The fourth-order valence-electron chi connectivity index (χ4n) is 2.17. The minimum absolute atomic E-state index is 0.472. The predicted molar refractivity (Wildman–Crippen MR) is 88.8 cm³/mol. The van der Waals surface area contributed by atoms with Crippen molar-refractivity contribution in [1.82, 2.24) is 14.8 Å². The molecule has 0 spiro atoms. The fourth-order valence-corrected chi connectivity index (χ4v) is 3.39. The summed E-state index contributed by atoms with van der Waals surface area (Å²) < 4.78 is 7.54. The predicted octanol–water partition coefficient (Wildman–Crippen LogP) is 3.84. The quantitative estimate of drug-likeness (QED) is 0.748. The van der Waals surface area contributed by atoms with Gasteiger partial charge in [-0.05, 0) is 30.9 Å². The van der Waals surface area contributed by atoms with Crippen LogP contribution < -0.4 is 0 Å². The summed E-state index contributed by atoms with van der Waals surface area (Å²) in [7, 11) is 0. The number of hydrogen-bond acceptors (Lipinski definition) is 5. The van der Waals surface area contributed by atoms with Crippen LogP contribution in [0.3, 0.4) is 0 Å². The third kappa shape index (κ3) is 3.93. The number of rotatable bonds is 8. The molecule has 1 N–H and O–H groups in total. The molecule has 0 aliphatic heterocycles. The zero-order valence-corrected chi connectivity index (χ0v) is 14.6. The van der Waals surface area contributed by atoms with Crippen LogP contribution in [0.15, 0.2) is 28.0 Å². The summed E-state index contributed by atoms with van der Waals surface area (Å²) in [5.74, 6) is 2.56. The van der Waals surface area contributed by atoms with Crippen LogP contribution >= 0.6 is 11.8 Å². The number of aromatic nitrogens is 3. The second-order valence-corrected chi connectivity index (χ2v) is 6.95. The lowest BCUT2D eigenvalue weighted by molar-refractivity contribution is 0.0571. The Hall–Kier alpha value is -1.27. The number of hydrogen-bond donors (Lipinski definition) is 1. The zero-order chi connectivity index (χ0) is 16.2. The third-order valence-electron chi connectivity index (χ3n) is 3.79. The van der Waals surface area contributed by atoms with Crippen LogP contribution in [-0.4, -0.2) is 31.2 Å². The molecule has 122 valence electrons. The van der Waals surface area contributed by atoms with E-state index in [-0.39, 0.29) is 0 Å². The van der Waals surface area contributed by atoms with E-state index in [1.807, 2.05) is 26.0 Å². The first-order valence-corrected chi connectivity index (χ1v) is 8.80. The van der Waals surface area contributed by atoms with Gasteiger partial charge in [-0.25, -0.2) is 0 Å². The average molecular weight is 323 g/mol. The minimum Gasteiger partial charge on any atom is -0.461 e. The molecule has 22 heavy (non-hydrogen) atoms. The highest BCUT2D eigenvalue weighted by atomic mass is 32.2. The molecule has 2 heterocycles. The molecule has 0 unspecified atom stereocenters. The maximum Gasteiger partial charge on any atom is 0.200 e. The van der Waals surface area contributed by atoms with E-state index >= 15 is 0 Å². The maximum atomic E-state index is 10.5. The second kappa shape index (κ2) is 7.33. The van der Waals surface area contributed by atoms with Crippen LogP contribution in [0, 0.1) is 5.92 Å². The van der Waals surface area contributed by atoms with E-state index < -0.39 is 5.60 Å². The van der Waals surface area contributed by atoms with Crippen molar-refractivity contribution in [3.8, 4) is 11.6 Å². The van der Waals surface area contributed by atoms with Gasteiger partial charge in [0.1, 0.15) is 0 Å². The number of nitrogens with zero attached hydrogens (tertiary/aromatic N) is 3. The van der Waals surface area contributed by atoms with Crippen molar-refractivity contribution >= 4 is 11.8 Å². The summed E-state index contributed by atoms with van der Waals surface area (Å²) in [5, 5.41) is 19.9. The minimum atomic E-state index is -0.649. The van der Waals surface area contributed by atoms with E-state index in [2.05, 4.69) is 28.6 Å². The molecule has 0 fully saturated rings. The molecule has 0 aliphatic carbocycles. The van der Waals surface area contributed by atoms with Crippen molar-refractivity contribution < 1.29 is 9.52 Å². The first-order chi connectivity index (χ1) is 10.5. The number of furan rings is 1.